The second-order valence-electron chi connectivity index (χ2n) is 7.02. The van der Waals surface area contributed by atoms with Crippen LogP contribution in [0.3, 0.4) is 0 Å². The summed E-state index contributed by atoms with van der Waals surface area (Å²) in [6.45, 7) is 10.9. The normalized spacial score (nSPS) is 10.8. The fourth-order valence-electron chi connectivity index (χ4n) is 3.27. The summed E-state index contributed by atoms with van der Waals surface area (Å²) < 4.78 is 12.8. The predicted molar refractivity (Wildman–Crippen MR) is 131 cm³/mol. The number of aryl methyl sites for hydroxylation is 1. The van der Waals surface area contributed by atoms with Gasteiger partial charge in [-0.25, -0.2) is 4.79 Å². The summed E-state index contributed by atoms with van der Waals surface area (Å²) in [5.41, 5.74) is 2.10. The molecule has 8 nitrogen and oxygen atoms in total. The van der Waals surface area contributed by atoms with Crippen LogP contribution in [-0.2, 0) is 16.1 Å². The van der Waals surface area contributed by atoms with E-state index in [0.29, 0.717) is 34.7 Å². The molecule has 3 aromatic rings. The number of thioether (sulfide) groups is 1. The van der Waals surface area contributed by atoms with Crippen molar-refractivity contribution in [3.05, 3.63) is 40.3 Å². The first-order chi connectivity index (χ1) is 15.9. The molecule has 33 heavy (non-hydrogen) atoms. The molecule has 0 fully saturated rings. The monoisotopic (exact) mass is 488 g/mol. The maximum atomic E-state index is 12.7. The van der Waals surface area contributed by atoms with Gasteiger partial charge >= 0.3 is 5.97 Å². The third-order valence-corrected chi connectivity index (χ3v) is 7.00. The molecular weight excluding hydrogens is 460 g/mol. The Hall–Kier alpha value is -2.85. The highest BCUT2D eigenvalue weighted by molar-refractivity contribution is 7.99. The Morgan fingerprint density at radius 3 is 2.58 bits per heavy atom. The molecule has 10 heteroatoms. The van der Waals surface area contributed by atoms with E-state index in [-0.39, 0.29) is 18.3 Å². The van der Waals surface area contributed by atoms with E-state index in [0.717, 1.165) is 21.8 Å². The summed E-state index contributed by atoms with van der Waals surface area (Å²) in [5.74, 6) is 0.910. The van der Waals surface area contributed by atoms with Crippen molar-refractivity contribution in [2.45, 2.75) is 46.3 Å². The molecule has 0 atom stereocenters. The number of para-hydroxylation sites is 1. The minimum Gasteiger partial charge on any atom is -0.493 e. The van der Waals surface area contributed by atoms with Gasteiger partial charge in [-0.2, -0.15) is 0 Å². The first kappa shape index (κ1) is 24.8. The third kappa shape index (κ3) is 5.56. The van der Waals surface area contributed by atoms with Gasteiger partial charge in [-0.3, -0.25) is 4.79 Å². The first-order valence-electron chi connectivity index (χ1n) is 10.8. The molecule has 1 aromatic carbocycles. The topological polar surface area (TPSA) is 95.3 Å². The molecule has 0 radical (unpaired) electrons. The van der Waals surface area contributed by atoms with Gasteiger partial charge in [0.2, 0.25) is 5.91 Å². The number of thiophene rings is 1. The number of carbonyl (C=O) groups is 2. The van der Waals surface area contributed by atoms with Crippen molar-refractivity contribution in [1.82, 2.24) is 14.8 Å². The van der Waals surface area contributed by atoms with Gasteiger partial charge in [0.1, 0.15) is 10.8 Å². The van der Waals surface area contributed by atoms with E-state index in [9.17, 15) is 9.59 Å². The smallest absolute Gasteiger partial charge is 0.341 e. The molecule has 0 aliphatic heterocycles. The molecular formula is C23H28N4O4S2. The van der Waals surface area contributed by atoms with Crippen molar-refractivity contribution in [3.8, 4) is 17.1 Å². The SMILES string of the molecule is CCOC(=O)c1c(NC(=O)CSc2nnc(-c3ccccc3OCC)n2CC)sc(C)c1C. The van der Waals surface area contributed by atoms with E-state index in [1.54, 1.807) is 6.92 Å². The minimum absolute atomic E-state index is 0.128. The van der Waals surface area contributed by atoms with Crippen LogP contribution in [0.5, 0.6) is 5.75 Å². The molecule has 0 aliphatic carbocycles. The van der Waals surface area contributed by atoms with Crippen LogP contribution in [0.25, 0.3) is 11.4 Å². The predicted octanol–water partition coefficient (Wildman–Crippen LogP) is 4.95. The molecule has 2 aromatic heterocycles. The zero-order valence-corrected chi connectivity index (χ0v) is 21.1. The lowest BCUT2D eigenvalue weighted by molar-refractivity contribution is -0.113. The highest BCUT2D eigenvalue weighted by Gasteiger charge is 2.23. The number of benzene rings is 1. The van der Waals surface area contributed by atoms with E-state index >= 15 is 0 Å². The molecule has 2 heterocycles. The van der Waals surface area contributed by atoms with Crippen molar-refractivity contribution in [3.63, 3.8) is 0 Å². The molecule has 1 amide bonds. The van der Waals surface area contributed by atoms with E-state index in [1.807, 2.05) is 56.5 Å². The van der Waals surface area contributed by atoms with Crippen LogP contribution in [0.4, 0.5) is 5.00 Å². The maximum Gasteiger partial charge on any atom is 0.341 e. The lowest BCUT2D eigenvalue weighted by Gasteiger charge is -2.11. The summed E-state index contributed by atoms with van der Waals surface area (Å²) in [5, 5.41) is 12.7. The fourth-order valence-corrected chi connectivity index (χ4v) is 5.14. The molecule has 1 N–H and O–H groups in total. The first-order valence-corrected chi connectivity index (χ1v) is 12.6. The van der Waals surface area contributed by atoms with Crippen molar-refractivity contribution < 1.29 is 19.1 Å². The van der Waals surface area contributed by atoms with Gasteiger partial charge < -0.3 is 19.4 Å². The molecule has 3 rings (SSSR count). The van der Waals surface area contributed by atoms with Gasteiger partial charge in [0.05, 0.1) is 30.1 Å². The van der Waals surface area contributed by atoms with Gasteiger partial charge in [-0.15, -0.1) is 21.5 Å². The molecule has 0 unspecified atom stereocenters. The van der Waals surface area contributed by atoms with Crippen LogP contribution in [0.2, 0.25) is 0 Å². The average molecular weight is 489 g/mol. The quantitative estimate of drug-likeness (QED) is 0.319. The van der Waals surface area contributed by atoms with E-state index < -0.39 is 5.97 Å². The number of hydrogen-bond donors (Lipinski definition) is 1. The summed E-state index contributed by atoms with van der Waals surface area (Å²) in [4.78, 5) is 26.0. The number of amides is 1. The number of nitrogens with one attached hydrogen (secondary N) is 1. The standard InChI is InChI=1S/C23H28N4O4S2/c1-6-27-20(16-11-9-10-12-17(16)30-7-2)25-26-23(27)32-13-18(28)24-21-19(22(29)31-8-3)14(4)15(5)33-21/h9-12H,6-8,13H2,1-5H3,(H,24,28). The zero-order valence-electron chi connectivity index (χ0n) is 19.4. The number of nitrogens with zero attached hydrogens (tertiary/aromatic N) is 3. The number of anilines is 1. The molecule has 0 saturated heterocycles. The van der Waals surface area contributed by atoms with Crippen molar-refractivity contribution in [1.29, 1.82) is 0 Å². The molecule has 0 aliphatic rings. The zero-order chi connectivity index (χ0) is 24.0. The van der Waals surface area contributed by atoms with Gasteiger partial charge in [0.25, 0.3) is 0 Å². The number of carbonyl (C=O) groups excluding carboxylic acids is 2. The highest BCUT2D eigenvalue weighted by Crippen LogP contribution is 2.34. The summed E-state index contributed by atoms with van der Waals surface area (Å²) in [6.07, 6.45) is 0. The Balaban J connectivity index is 1.75. The second kappa shape index (κ2) is 11.3. The van der Waals surface area contributed by atoms with Crippen LogP contribution in [0.1, 0.15) is 41.6 Å². The lowest BCUT2D eigenvalue weighted by Crippen LogP contribution is -2.17. The van der Waals surface area contributed by atoms with Crippen LogP contribution < -0.4 is 10.1 Å². The summed E-state index contributed by atoms with van der Waals surface area (Å²) in [6, 6.07) is 7.69. The van der Waals surface area contributed by atoms with Crippen molar-refractivity contribution in [2.75, 3.05) is 24.3 Å². The molecule has 0 saturated carbocycles. The third-order valence-electron chi connectivity index (χ3n) is 4.91. The Kier molecular flexibility index (Phi) is 8.51. The van der Waals surface area contributed by atoms with Crippen molar-refractivity contribution in [2.24, 2.45) is 0 Å². The van der Waals surface area contributed by atoms with Gasteiger partial charge in [-0.05, 0) is 52.3 Å². The summed E-state index contributed by atoms with van der Waals surface area (Å²) in [7, 11) is 0. The Morgan fingerprint density at radius 1 is 1.12 bits per heavy atom. The van der Waals surface area contributed by atoms with Crippen molar-refractivity contribution >= 4 is 40.0 Å². The lowest BCUT2D eigenvalue weighted by atomic mass is 10.1. The maximum absolute atomic E-state index is 12.7. The highest BCUT2D eigenvalue weighted by atomic mass is 32.2. The second-order valence-corrected chi connectivity index (χ2v) is 9.19. The van der Waals surface area contributed by atoms with Crippen LogP contribution in [-0.4, -0.2) is 45.6 Å². The Bertz CT molecular complexity index is 1140. The van der Waals surface area contributed by atoms with E-state index in [1.165, 1.54) is 23.1 Å². The van der Waals surface area contributed by atoms with E-state index in [4.69, 9.17) is 9.47 Å². The van der Waals surface area contributed by atoms with Gasteiger partial charge in [0.15, 0.2) is 11.0 Å². The molecule has 0 bridgehead atoms. The van der Waals surface area contributed by atoms with Crippen LogP contribution >= 0.6 is 23.1 Å². The van der Waals surface area contributed by atoms with Crippen LogP contribution in [0.15, 0.2) is 29.4 Å². The van der Waals surface area contributed by atoms with Gasteiger partial charge in [0, 0.05) is 11.4 Å². The number of rotatable bonds is 10. The molecule has 0 spiro atoms. The Labute approximate surface area is 201 Å². The average Bonchev–Trinajstić information content (AvgIpc) is 3.33. The number of ether oxygens (including phenoxy) is 2. The Morgan fingerprint density at radius 2 is 1.88 bits per heavy atom. The minimum atomic E-state index is -0.425. The summed E-state index contributed by atoms with van der Waals surface area (Å²) >= 11 is 2.67. The number of aromatic nitrogens is 3. The molecule has 176 valence electrons. The fraction of sp³-hybridized carbons (Fsp3) is 0.391. The number of esters is 1. The number of hydrogen-bond acceptors (Lipinski definition) is 8. The largest absolute Gasteiger partial charge is 0.493 e. The van der Waals surface area contributed by atoms with Crippen LogP contribution in [0, 0.1) is 13.8 Å². The van der Waals surface area contributed by atoms with Gasteiger partial charge in [-0.1, -0.05) is 23.9 Å². The van der Waals surface area contributed by atoms with E-state index in [2.05, 4.69) is 15.5 Å².